The average Bonchev–Trinajstić information content (AvgIpc) is 3.57. The van der Waals surface area contributed by atoms with Crippen LogP contribution >= 0.6 is 0 Å². The monoisotopic (exact) mass is 501 g/mol. The number of benzene rings is 3. The summed E-state index contributed by atoms with van der Waals surface area (Å²) in [6.45, 7) is -0.152. The molecule has 0 atom stereocenters. The zero-order valence-electron chi connectivity index (χ0n) is 20.6. The number of methoxy groups -OCH3 is 1. The maximum Gasteiger partial charge on any atom is 0.250 e. The van der Waals surface area contributed by atoms with E-state index in [4.69, 9.17) is 4.74 Å². The number of hydrogen-bond donors (Lipinski definition) is 1. The molecule has 2 amide bonds. The Kier molecular flexibility index (Phi) is 6.85. The lowest BCUT2D eigenvalue weighted by molar-refractivity contribution is -0.147. The number of hydrogen-bond acceptors (Lipinski definition) is 5. The summed E-state index contributed by atoms with van der Waals surface area (Å²) in [5.74, 6) is -0.366. The van der Waals surface area contributed by atoms with Crippen LogP contribution in [0.5, 0.6) is 5.75 Å². The largest absolute Gasteiger partial charge is 0.497 e. The Morgan fingerprint density at radius 3 is 2.46 bits per heavy atom. The molecule has 9 heteroatoms. The quantitative estimate of drug-likeness (QED) is 0.382. The van der Waals surface area contributed by atoms with Gasteiger partial charge in [-0.2, -0.15) is 0 Å². The number of ether oxygens (including phenoxy) is 1. The van der Waals surface area contributed by atoms with Crippen molar-refractivity contribution in [1.82, 2.24) is 19.9 Å². The van der Waals surface area contributed by atoms with Crippen LogP contribution in [0.4, 0.5) is 10.1 Å². The van der Waals surface area contributed by atoms with Gasteiger partial charge in [0.2, 0.25) is 11.8 Å². The number of carbonyl (C=O) groups is 2. The van der Waals surface area contributed by atoms with Crippen LogP contribution < -0.4 is 10.1 Å². The van der Waals surface area contributed by atoms with Gasteiger partial charge in [0.05, 0.1) is 12.6 Å². The molecule has 0 spiro atoms. The molecule has 1 saturated carbocycles. The summed E-state index contributed by atoms with van der Waals surface area (Å²) in [4.78, 5) is 29.3. The van der Waals surface area contributed by atoms with Gasteiger partial charge in [-0.1, -0.05) is 48.4 Å². The van der Waals surface area contributed by atoms with Crippen LogP contribution in [-0.4, -0.2) is 44.4 Å². The van der Waals surface area contributed by atoms with Gasteiger partial charge in [-0.3, -0.25) is 9.59 Å². The van der Waals surface area contributed by atoms with Gasteiger partial charge in [0.15, 0.2) is 0 Å². The van der Waals surface area contributed by atoms with Crippen molar-refractivity contribution >= 4 is 28.5 Å². The summed E-state index contributed by atoms with van der Waals surface area (Å²) in [6.07, 6.45) is 2.52. The molecule has 4 aromatic rings. The fraction of sp³-hybridized carbons (Fsp3) is 0.286. The molecule has 1 heterocycles. The Hall–Kier alpha value is -4.27. The smallest absolute Gasteiger partial charge is 0.250 e. The molecule has 1 N–H and O–H groups in total. The van der Waals surface area contributed by atoms with E-state index in [2.05, 4.69) is 15.6 Å². The predicted molar refractivity (Wildman–Crippen MR) is 137 cm³/mol. The lowest BCUT2D eigenvalue weighted by atomic mass is 9.92. The average molecular weight is 502 g/mol. The van der Waals surface area contributed by atoms with Crippen LogP contribution in [0.2, 0.25) is 0 Å². The third-order valence-corrected chi connectivity index (χ3v) is 7.01. The molecule has 0 bridgehead atoms. The van der Waals surface area contributed by atoms with Crippen molar-refractivity contribution in [2.24, 2.45) is 0 Å². The first-order valence-corrected chi connectivity index (χ1v) is 12.3. The summed E-state index contributed by atoms with van der Waals surface area (Å²) in [5.41, 5.74) is 1.20. The number of rotatable bonds is 8. The summed E-state index contributed by atoms with van der Waals surface area (Å²) in [7, 11) is 1.58. The fourth-order valence-corrected chi connectivity index (χ4v) is 5.02. The first-order chi connectivity index (χ1) is 18.0. The van der Waals surface area contributed by atoms with Gasteiger partial charge in [0.1, 0.15) is 29.2 Å². The third-order valence-electron chi connectivity index (χ3n) is 7.01. The lowest BCUT2D eigenvalue weighted by Crippen LogP contribution is -2.57. The number of aromatic nitrogens is 3. The number of nitrogens with one attached hydrogen (secondary N) is 1. The number of nitrogens with zero attached hydrogens (tertiary/aromatic N) is 4. The van der Waals surface area contributed by atoms with Crippen molar-refractivity contribution < 1.29 is 18.7 Å². The minimum atomic E-state index is -1.13. The molecular weight excluding hydrogens is 473 g/mol. The summed E-state index contributed by atoms with van der Waals surface area (Å²) < 4.78 is 21.5. The summed E-state index contributed by atoms with van der Waals surface area (Å²) >= 11 is 0. The maximum atomic E-state index is 14.8. The SMILES string of the molecule is COc1ccc(NC(=O)C2(N(Cc3ccccc3F)C(=O)Cn3nnc4ccccc43)CCCC2)cc1. The molecule has 37 heavy (non-hydrogen) atoms. The first kappa shape index (κ1) is 24.4. The molecule has 0 saturated heterocycles. The van der Waals surface area contributed by atoms with E-state index >= 15 is 0 Å². The number of fused-ring (bicyclic) bond motifs is 1. The van der Waals surface area contributed by atoms with Crippen molar-refractivity contribution in [2.75, 3.05) is 12.4 Å². The normalized spacial score (nSPS) is 14.4. The highest BCUT2D eigenvalue weighted by Crippen LogP contribution is 2.38. The second-order valence-corrected chi connectivity index (χ2v) is 9.23. The standard InChI is InChI=1S/C28H28FN5O3/c1-37-22-14-12-21(13-15-22)30-27(36)28(16-6-7-17-28)33(18-20-8-2-3-9-23(20)29)26(35)19-34-25-11-5-4-10-24(25)31-32-34/h2-5,8-15H,6-7,16-19H2,1H3,(H,30,36). The Bertz CT molecular complexity index is 1410. The van der Waals surface area contributed by atoms with E-state index in [1.807, 2.05) is 24.3 Å². The van der Waals surface area contributed by atoms with E-state index in [9.17, 15) is 14.0 Å². The van der Waals surface area contributed by atoms with Gasteiger partial charge in [-0.15, -0.1) is 5.10 Å². The summed E-state index contributed by atoms with van der Waals surface area (Å²) in [6, 6.07) is 20.7. The minimum Gasteiger partial charge on any atom is -0.497 e. The molecule has 3 aromatic carbocycles. The number of anilines is 1. The van der Waals surface area contributed by atoms with Gasteiger partial charge in [-0.25, -0.2) is 9.07 Å². The van der Waals surface area contributed by atoms with Crippen molar-refractivity contribution in [3.63, 3.8) is 0 Å². The maximum absolute atomic E-state index is 14.8. The molecule has 190 valence electrons. The van der Waals surface area contributed by atoms with Crippen molar-refractivity contribution in [2.45, 2.75) is 44.3 Å². The van der Waals surface area contributed by atoms with Crippen LogP contribution in [0.25, 0.3) is 11.0 Å². The molecule has 1 aliphatic carbocycles. The van der Waals surface area contributed by atoms with E-state index in [0.29, 0.717) is 40.9 Å². The highest BCUT2D eigenvalue weighted by molar-refractivity contribution is 6.01. The second kappa shape index (κ2) is 10.4. The van der Waals surface area contributed by atoms with Crippen LogP contribution in [0.1, 0.15) is 31.2 Å². The molecule has 8 nitrogen and oxygen atoms in total. The van der Waals surface area contributed by atoms with E-state index in [1.54, 1.807) is 49.6 Å². The third kappa shape index (κ3) is 4.89. The first-order valence-electron chi connectivity index (χ1n) is 12.3. The van der Waals surface area contributed by atoms with Crippen LogP contribution in [0.3, 0.4) is 0 Å². The van der Waals surface area contributed by atoms with Gasteiger partial charge >= 0.3 is 0 Å². The molecule has 0 aliphatic heterocycles. The van der Waals surface area contributed by atoms with Crippen LogP contribution in [-0.2, 0) is 22.7 Å². The van der Waals surface area contributed by atoms with Crippen molar-refractivity contribution in [1.29, 1.82) is 0 Å². The van der Waals surface area contributed by atoms with Gasteiger partial charge in [0, 0.05) is 17.8 Å². The topological polar surface area (TPSA) is 89.4 Å². The fourth-order valence-electron chi connectivity index (χ4n) is 5.02. The van der Waals surface area contributed by atoms with E-state index in [-0.39, 0.29) is 24.9 Å². The molecule has 1 aromatic heterocycles. The number of halogens is 1. The lowest BCUT2D eigenvalue weighted by Gasteiger charge is -2.40. The van der Waals surface area contributed by atoms with Crippen LogP contribution in [0.15, 0.2) is 72.8 Å². The Labute approximate surface area is 214 Å². The molecule has 1 aliphatic rings. The van der Waals surface area contributed by atoms with E-state index < -0.39 is 11.4 Å². The van der Waals surface area contributed by atoms with Gasteiger partial charge in [0.25, 0.3) is 0 Å². The van der Waals surface area contributed by atoms with Gasteiger partial charge in [-0.05, 0) is 55.3 Å². The minimum absolute atomic E-state index is 0.0336. The predicted octanol–water partition coefficient (Wildman–Crippen LogP) is 4.56. The Morgan fingerprint density at radius 1 is 1.03 bits per heavy atom. The highest BCUT2D eigenvalue weighted by Gasteiger charge is 2.48. The van der Waals surface area contributed by atoms with E-state index in [1.165, 1.54) is 15.6 Å². The number of para-hydroxylation sites is 1. The number of amides is 2. The van der Waals surface area contributed by atoms with Gasteiger partial charge < -0.3 is 15.0 Å². The molecule has 0 unspecified atom stereocenters. The second-order valence-electron chi connectivity index (χ2n) is 9.23. The molecular formula is C28H28FN5O3. The zero-order valence-corrected chi connectivity index (χ0v) is 20.6. The highest BCUT2D eigenvalue weighted by atomic mass is 19.1. The number of carbonyl (C=O) groups excluding carboxylic acids is 2. The summed E-state index contributed by atoms with van der Waals surface area (Å²) in [5, 5.41) is 11.3. The van der Waals surface area contributed by atoms with Crippen molar-refractivity contribution in [3.05, 3.63) is 84.2 Å². The van der Waals surface area contributed by atoms with E-state index in [0.717, 1.165) is 12.8 Å². The molecule has 5 rings (SSSR count). The Balaban J connectivity index is 1.49. The Morgan fingerprint density at radius 2 is 1.73 bits per heavy atom. The van der Waals surface area contributed by atoms with Crippen LogP contribution in [0, 0.1) is 5.82 Å². The molecule has 1 fully saturated rings. The van der Waals surface area contributed by atoms with Crippen molar-refractivity contribution in [3.8, 4) is 5.75 Å². The molecule has 0 radical (unpaired) electrons. The zero-order chi connectivity index (χ0) is 25.8.